The SMILES string of the molecule is [CH2]C(=O)N1CCC(c2cccnc2)C1. The van der Waals surface area contributed by atoms with E-state index >= 15 is 0 Å². The van der Waals surface area contributed by atoms with Crippen LogP contribution in [-0.4, -0.2) is 28.9 Å². The summed E-state index contributed by atoms with van der Waals surface area (Å²) in [5.41, 5.74) is 1.22. The zero-order chi connectivity index (χ0) is 9.97. The number of aromatic nitrogens is 1. The van der Waals surface area contributed by atoms with Crippen molar-refractivity contribution in [2.24, 2.45) is 0 Å². The fourth-order valence-electron chi connectivity index (χ4n) is 1.88. The Bertz CT molecular complexity index is 323. The van der Waals surface area contributed by atoms with Crippen molar-refractivity contribution in [1.29, 1.82) is 0 Å². The molecule has 0 bridgehead atoms. The minimum absolute atomic E-state index is 0.0728. The second-order valence-electron chi connectivity index (χ2n) is 3.61. The molecular formula is C11H13N2O. The van der Waals surface area contributed by atoms with E-state index in [0.29, 0.717) is 5.92 Å². The van der Waals surface area contributed by atoms with Gasteiger partial charge < -0.3 is 4.90 Å². The summed E-state index contributed by atoms with van der Waals surface area (Å²) in [5, 5.41) is 0. The van der Waals surface area contributed by atoms with Crippen LogP contribution in [0, 0.1) is 6.92 Å². The maximum absolute atomic E-state index is 11.0. The summed E-state index contributed by atoms with van der Waals surface area (Å²) >= 11 is 0. The van der Waals surface area contributed by atoms with Crippen molar-refractivity contribution in [2.45, 2.75) is 12.3 Å². The standard InChI is InChI=1S/C11H13N2O/c1-9(14)13-6-4-11(8-13)10-3-2-5-12-7-10/h2-3,5,7,11H,1,4,6,8H2. The lowest BCUT2D eigenvalue weighted by molar-refractivity contribution is -0.125. The van der Waals surface area contributed by atoms with E-state index in [1.807, 2.05) is 12.3 Å². The van der Waals surface area contributed by atoms with Crippen LogP contribution < -0.4 is 0 Å². The number of rotatable bonds is 1. The predicted molar refractivity (Wildman–Crippen MR) is 53.5 cm³/mol. The van der Waals surface area contributed by atoms with E-state index in [0.717, 1.165) is 19.5 Å². The lowest BCUT2D eigenvalue weighted by atomic mass is 10.0. The summed E-state index contributed by atoms with van der Waals surface area (Å²) < 4.78 is 0. The Morgan fingerprint density at radius 1 is 1.64 bits per heavy atom. The highest BCUT2D eigenvalue weighted by molar-refractivity contribution is 5.80. The molecule has 0 aliphatic carbocycles. The van der Waals surface area contributed by atoms with Crippen molar-refractivity contribution in [2.75, 3.05) is 13.1 Å². The second-order valence-corrected chi connectivity index (χ2v) is 3.61. The summed E-state index contributed by atoms with van der Waals surface area (Å²) in [5.74, 6) is 0.366. The average Bonchev–Trinajstić information content (AvgIpc) is 2.68. The van der Waals surface area contributed by atoms with Crippen LogP contribution in [0.1, 0.15) is 17.9 Å². The summed E-state index contributed by atoms with van der Waals surface area (Å²) in [4.78, 5) is 16.9. The van der Waals surface area contributed by atoms with Crippen molar-refractivity contribution < 1.29 is 4.79 Å². The Hall–Kier alpha value is -1.38. The second kappa shape index (κ2) is 3.78. The fraction of sp³-hybridized carbons (Fsp3) is 0.364. The zero-order valence-corrected chi connectivity index (χ0v) is 8.02. The van der Waals surface area contributed by atoms with Gasteiger partial charge in [0.15, 0.2) is 0 Å². The average molecular weight is 189 g/mol. The maximum Gasteiger partial charge on any atom is 0.223 e. The van der Waals surface area contributed by atoms with Gasteiger partial charge in [-0.25, -0.2) is 0 Å². The summed E-state index contributed by atoms with van der Waals surface area (Å²) in [7, 11) is 0. The molecule has 3 nitrogen and oxygen atoms in total. The van der Waals surface area contributed by atoms with Crippen molar-refractivity contribution >= 4 is 5.91 Å². The van der Waals surface area contributed by atoms with Gasteiger partial charge in [-0.05, 0) is 18.1 Å². The van der Waals surface area contributed by atoms with E-state index < -0.39 is 0 Å². The number of hydrogen-bond acceptors (Lipinski definition) is 2. The monoisotopic (exact) mass is 189 g/mol. The summed E-state index contributed by atoms with van der Waals surface area (Å²) in [6.45, 7) is 5.03. The Morgan fingerprint density at radius 3 is 3.07 bits per heavy atom. The third kappa shape index (κ3) is 1.76. The molecule has 2 heterocycles. The van der Waals surface area contributed by atoms with Crippen LogP contribution in [0.15, 0.2) is 24.5 Å². The highest BCUT2D eigenvalue weighted by Crippen LogP contribution is 2.26. The normalized spacial score (nSPS) is 21.2. The first-order valence-corrected chi connectivity index (χ1v) is 4.78. The molecule has 1 aliphatic rings. The van der Waals surface area contributed by atoms with Crippen LogP contribution in [0.3, 0.4) is 0 Å². The largest absolute Gasteiger partial charge is 0.342 e. The first kappa shape index (κ1) is 9.19. The van der Waals surface area contributed by atoms with Crippen molar-refractivity contribution in [3.8, 4) is 0 Å². The van der Waals surface area contributed by atoms with Gasteiger partial charge in [0, 0.05) is 38.3 Å². The zero-order valence-electron chi connectivity index (χ0n) is 8.02. The molecule has 1 atom stereocenters. The van der Waals surface area contributed by atoms with Gasteiger partial charge in [0.2, 0.25) is 5.91 Å². The fourth-order valence-corrected chi connectivity index (χ4v) is 1.88. The number of likely N-dealkylation sites (tertiary alicyclic amines) is 1. The minimum atomic E-state index is -0.0728. The molecule has 2 rings (SSSR count). The molecular weight excluding hydrogens is 176 g/mol. The minimum Gasteiger partial charge on any atom is -0.342 e. The lowest BCUT2D eigenvalue weighted by Crippen LogP contribution is -2.25. The van der Waals surface area contributed by atoms with Crippen LogP contribution in [0.2, 0.25) is 0 Å². The van der Waals surface area contributed by atoms with Crippen LogP contribution in [0.25, 0.3) is 0 Å². The number of amides is 1. The van der Waals surface area contributed by atoms with Crippen molar-refractivity contribution in [1.82, 2.24) is 9.88 Å². The van der Waals surface area contributed by atoms with Crippen LogP contribution in [0.5, 0.6) is 0 Å². The predicted octanol–water partition coefficient (Wildman–Crippen LogP) is 1.23. The van der Waals surface area contributed by atoms with E-state index in [9.17, 15) is 4.79 Å². The van der Waals surface area contributed by atoms with E-state index in [-0.39, 0.29) is 5.91 Å². The first-order valence-electron chi connectivity index (χ1n) is 4.78. The van der Waals surface area contributed by atoms with Crippen LogP contribution in [0.4, 0.5) is 0 Å². The molecule has 1 aromatic heterocycles. The van der Waals surface area contributed by atoms with Crippen molar-refractivity contribution in [3.05, 3.63) is 37.0 Å². The molecule has 1 unspecified atom stereocenters. The van der Waals surface area contributed by atoms with Gasteiger partial charge in [0.1, 0.15) is 0 Å². The molecule has 1 aromatic rings. The number of carbonyl (C=O) groups excluding carboxylic acids is 1. The quantitative estimate of drug-likeness (QED) is 0.665. The van der Waals surface area contributed by atoms with Gasteiger partial charge in [-0.1, -0.05) is 6.07 Å². The molecule has 1 saturated heterocycles. The Kier molecular flexibility index (Phi) is 2.48. The number of nitrogens with zero attached hydrogens (tertiary/aromatic N) is 2. The Morgan fingerprint density at radius 2 is 2.50 bits per heavy atom. The molecule has 1 radical (unpaired) electrons. The molecule has 3 heteroatoms. The Labute approximate surface area is 83.8 Å². The highest BCUT2D eigenvalue weighted by atomic mass is 16.2. The van der Waals surface area contributed by atoms with Gasteiger partial charge >= 0.3 is 0 Å². The molecule has 14 heavy (non-hydrogen) atoms. The van der Waals surface area contributed by atoms with Gasteiger partial charge in [-0.2, -0.15) is 0 Å². The molecule has 1 amide bonds. The third-order valence-electron chi connectivity index (χ3n) is 2.70. The molecule has 0 spiro atoms. The van der Waals surface area contributed by atoms with Gasteiger partial charge in [0.05, 0.1) is 0 Å². The first-order chi connectivity index (χ1) is 6.77. The lowest BCUT2D eigenvalue weighted by Gasteiger charge is -2.13. The van der Waals surface area contributed by atoms with Crippen LogP contribution in [-0.2, 0) is 4.79 Å². The third-order valence-corrected chi connectivity index (χ3v) is 2.70. The van der Waals surface area contributed by atoms with Crippen molar-refractivity contribution in [3.63, 3.8) is 0 Å². The van der Waals surface area contributed by atoms with Gasteiger partial charge in [0.25, 0.3) is 0 Å². The number of pyridine rings is 1. The van der Waals surface area contributed by atoms with E-state index in [1.54, 1.807) is 11.1 Å². The summed E-state index contributed by atoms with van der Waals surface area (Å²) in [6, 6.07) is 4.00. The van der Waals surface area contributed by atoms with E-state index in [4.69, 9.17) is 0 Å². The molecule has 0 saturated carbocycles. The van der Waals surface area contributed by atoms with Crippen LogP contribution >= 0.6 is 0 Å². The maximum atomic E-state index is 11.0. The molecule has 1 fully saturated rings. The molecule has 0 N–H and O–H groups in total. The molecule has 1 aliphatic heterocycles. The van der Waals surface area contributed by atoms with E-state index in [2.05, 4.69) is 18.0 Å². The Balaban J connectivity index is 2.06. The molecule has 73 valence electrons. The topological polar surface area (TPSA) is 33.2 Å². The summed E-state index contributed by atoms with van der Waals surface area (Å²) in [6.07, 6.45) is 4.66. The number of hydrogen-bond donors (Lipinski definition) is 0. The van der Waals surface area contributed by atoms with E-state index in [1.165, 1.54) is 5.56 Å². The molecule has 0 aromatic carbocycles. The smallest absolute Gasteiger partial charge is 0.223 e. The highest BCUT2D eigenvalue weighted by Gasteiger charge is 2.25. The van der Waals surface area contributed by atoms with Gasteiger partial charge in [-0.3, -0.25) is 9.78 Å². The number of carbonyl (C=O) groups is 1. The van der Waals surface area contributed by atoms with Gasteiger partial charge in [-0.15, -0.1) is 0 Å².